The van der Waals surface area contributed by atoms with Gasteiger partial charge in [-0.1, -0.05) is 59.6 Å². The van der Waals surface area contributed by atoms with E-state index < -0.39 is 27.6 Å². The average Bonchev–Trinajstić information content (AvgIpc) is 2.45. The van der Waals surface area contributed by atoms with Crippen LogP contribution in [0.25, 0.3) is 0 Å². The molecule has 4 nitrogen and oxygen atoms in total. The smallest absolute Gasteiger partial charge is 0.272 e. The molecule has 0 aliphatic carbocycles. The van der Waals surface area contributed by atoms with Gasteiger partial charge in [-0.15, -0.1) is 0 Å². The fraction of sp³-hybridized carbons (Fsp3) is 0.133. The molecule has 0 bridgehead atoms. The van der Waals surface area contributed by atoms with E-state index in [1.807, 2.05) is 0 Å². The number of Topliss-reactive ketones (excluding diaryl/α,β-unsaturated/α-hetero) is 1. The van der Waals surface area contributed by atoms with Gasteiger partial charge < -0.3 is 0 Å². The van der Waals surface area contributed by atoms with Crippen molar-refractivity contribution >= 4 is 39.1 Å². The Bertz CT molecular complexity index is 788. The molecule has 0 spiro atoms. The van der Waals surface area contributed by atoms with Crippen LogP contribution in [-0.2, 0) is 10.1 Å². The SMILES string of the molecule is O=C(C[C@H](c1ccc(Cl)cc1Cl)S(=O)(=O)O)c1ccccc1. The van der Waals surface area contributed by atoms with Gasteiger partial charge >= 0.3 is 0 Å². The lowest BCUT2D eigenvalue weighted by Crippen LogP contribution is -2.17. The summed E-state index contributed by atoms with van der Waals surface area (Å²) in [5.74, 6) is -0.408. The summed E-state index contributed by atoms with van der Waals surface area (Å²) >= 11 is 11.8. The number of carbonyl (C=O) groups is 1. The van der Waals surface area contributed by atoms with E-state index >= 15 is 0 Å². The van der Waals surface area contributed by atoms with Crippen molar-refractivity contribution in [3.8, 4) is 0 Å². The summed E-state index contributed by atoms with van der Waals surface area (Å²) in [6.07, 6.45) is -0.413. The molecule has 0 aliphatic rings. The van der Waals surface area contributed by atoms with Crippen molar-refractivity contribution in [1.29, 1.82) is 0 Å². The second-order valence-electron chi connectivity index (χ2n) is 4.66. The van der Waals surface area contributed by atoms with Gasteiger partial charge in [0.25, 0.3) is 10.1 Å². The summed E-state index contributed by atoms with van der Waals surface area (Å²) in [4.78, 5) is 12.2. The minimum Gasteiger partial charge on any atom is -0.294 e. The predicted octanol–water partition coefficient (Wildman–Crippen LogP) is 4.20. The lowest BCUT2D eigenvalue weighted by molar-refractivity contribution is 0.0979. The van der Waals surface area contributed by atoms with Crippen molar-refractivity contribution < 1.29 is 17.8 Å². The van der Waals surface area contributed by atoms with Crippen LogP contribution in [0.3, 0.4) is 0 Å². The second kappa shape index (κ2) is 6.79. The Morgan fingerprint density at radius 2 is 1.73 bits per heavy atom. The summed E-state index contributed by atoms with van der Waals surface area (Å²) < 4.78 is 32.7. The normalized spacial score (nSPS) is 12.9. The number of hydrogen-bond donors (Lipinski definition) is 1. The van der Waals surface area contributed by atoms with Crippen LogP contribution in [-0.4, -0.2) is 18.8 Å². The van der Waals surface area contributed by atoms with Crippen molar-refractivity contribution in [3.63, 3.8) is 0 Å². The molecule has 0 aliphatic heterocycles. The molecular formula is C15H12Cl2O4S. The molecule has 7 heteroatoms. The summed E-state index contributed by atoms with van der Waals surface area (Å²) in [6, 6.07) is 12.4. The third-order valence-electron chi connectivity index (χ3n) is 3.14. The van der Waals surface area contributed by atoms with Crippen molar-refractivity contribution in [2.75, 3.05) is 0 Å². The van der Waals surface area contributed by atoms with Gasteiger partial charge in [0.05, 0.1) is 0 Å². The molecule has 2 aromatic rings. The van der Waals surface area contributed by atoms with E-state index in [0.29, 0.717) is 10.6 Å². The van der Waals surface area contributed by atoms with Gasteiger partial charge in [0.15, 0.2) is 5.78 Å². The largest absolute Gasteiger partial charge is 0.294 e. The molecule has 2 aromatic carbocycles. The summed E-state index contributed by atoms with van der Waals surface area (Å²) in [5, 5.41) is -1.03. The Morgan fingerprint density at radius 3 is 2.27 bits per heavy atom. The van der Waals surface area contributed by atoms with E-state index in [9.17, 15) is 17.8 Å². The first kappa shape index (κ1) is 17.0. The lowest BCUT2D eigenvalue weighted by Gasteiger charge is -2.15. The summed E-state index contributed by atoms with van der Waals surface area (Å²) in [5.41, 5.74) is 0.499. The highest BCUT2D eigenvalue weighted by atomic mass is 35.5. The van der Waals surface area contributed by atoms with E-state index in [-0.39, 0.29) is 10.6 Å². The molecule has 2 rings (SSSR count). The van der Waals surface area contributed by atoms with Crippen LogP contribution in [0.4, 0.5) is 0 Å². The van der Waals surface area contributed by atoms with Crippen LogP contribution in [0.2, 0.25) is 10.0 Å². The Balaban J connectivity index is 2.38. The molecule has 0 unspecified atom stereocenters. The van der Waals surface area contributed by atoms with Crippen LogP contribution >= 0.6 is 23.2 Å². The van der Waals surface area contributed by atoms with Crippen molar-refractivity contribution in [2.24, 2.45) is 0 Å². The molecule has 22 heavy (non-hydrogen) atoms. The third kappa shape index (κ3) is 4.08. The Hall–Kier alpha value is -1.40. The summed E-state index contributed by atoms with van der Waals surface area (Å²) in [7, 11) is -4.50. The number of rotatable bonds is 5. The molecule has 0 saturated heterocycles. The Kier molecular flexibility index (Phi) is 5.24. The summed E-state index contributed by atoms with van der Waals surface area (Å²) in [6.45, 7) is 0. The zero-order valence-electron chi connectivity index (χ0n) is 11.2. The highest BCUT2D eigenvalue weighted by Crippen LogP contribution is 2.33. The number of halogens is 2. The molecule has 0 saturated carbocycles. The first-order valence-electron chi connectivity index (χ1n) is 6.28. The molecule has 0 amide bonds. The van der Waals surface area contributed by atoms with Gasteiger partial charge in [-0.05, 0) is 17.7 Å². The van der Waals surface area contributed by atoms with Crippen LogP contribution in [0.1, 0.15) is 27.6 Å². The molecule has 116 valence electrons. The quantitative estimate of drug-likeness (QED) is 0.642. The first-order chi connectivity index (χ1) is 10.3. The first-order valence-corrected chi connectivity index (χ1v) is 8.54. The van der Waals surface area contributed by atoms with Crippen LogP contribution < -0.4 is 0 Å². The van der Waals surface area contributed by atoms with Gasteiger partial charge in [0, 0.05) is 22.0 Å². The van der Waals surface area contributed by atoms with Gasteiger partial charge in [0.2, 0.25) is 0 Å². The zero-order valence-corrected chi connectivity index (χ0v) is 13.6. The van der Waals surface area contributed by atoms with Crippen molar-refractivity contribution in [2.45, 2.75) is 11.7 Å². The molecule has 1 N–H and O–H groups in total. The maximum absolute atomic E-state index is 12.2. The number of hydrogen-bond acceptors (Lipinski definition) is 3. The van der Waals surface area contributed by atoms with Gasteiger partial charge in [-0.25, -0.2) is 0 Å². The van der Waals surface area contributed by atoms with Crippen LogP contribution in [0.15, 0.2) is 48.5 Å². The zero-order chi connectivity index (χ0) is 16.3. The van der Waals surface area contributed by atoms with Gasteiger partial charge in [0.1, 0.15) is 5.25 Å². The highest BCUT2D eigenvalue weighted by molar-refractivity contribution is 7.86. The van der Waals surface area contributed by atoms with Gasteiger partial charge in [-0.2, -0.15) is 8.42 Å². The maximum atomic E-state index is 12.2. The average molecular weight is 359 g/mol. The molecule has 0 fully saturated rings. The third-order valence-corrected chi connectivity index (χ3v) is 4.84. The van der Waals surface area contributed by atoms with E-state index in [2.05, 4.69) is 0 Å². The molecule has 1 atom stereocenters. The Labute approximate surface area is 138 Å². The number of benzene rings is 2. The lowest BCUT2D eigenvalue weighted by atomic mass is 10.0. The fourth-order valence-corrected chi connectivity index (χ4v) is 3.54. The molecule has 0 heterocycles. The minimum atomic E-state index is -4.50. The van der Waals surface area contributed by atoms with Crippen molar-refractivity contribution in [1.82, 2.24) is 0 Å². The Morgan fingerprint density at radius 1 is 1.09 bits per heavy atom. The topological polar surface area (TPSA) is 71.4 Å². The fourth-order valence-electron chi connectivity index (χ4n) is 2.05. The van der Waals surface area contributed by atoms with Gasteiger partial charge in [-0.3, -0.25) is 9.35 Å². The van der Waals surface area contributed by atoms with E-state index in [1.165, 1.54) is 18.2 Å². The van der Waals surface area contributed by atoms with E-state index in [1.54, 1.807) is 30.3 Å². The maximum Gasteiger partial charge on any atom is 0.272 e. The standard InChI is InChI=1S/C15H12Cl2O4S/c16-11-6-7-12(13(17)8-11)15(22(19,20)21)9-14(18)10-4-2-1-3-5-10/h1-8,15H,9H2,(H,19,20,21)/t15-/m1/s1. The highest BCUT2D eigenvalue weighted by Gasteiger charge is 2.30. The van der Waals surface area contributed by atoms with Crippen LogP contribution in [0, 0.1) is 0 Å². The van der Waals surface area contributed by atoms with E-state index in [0.717, 1.165) is 0 Å². The van der Waals surface area contributed by atoms with E-state index in [4.69, 9.17) is 23.2 Å². The molecule has 0 radical (unpaired) electrons. The number of carbonyl (C=O) groups excluding carboxylic acids is 1. The minimum absolute atomic E-state index is 0.0796. The predicted molar refractivity (Wildman–Crippen MR) is 86.1 cm³/mol. The monoisotopic (exact) mass is 358 g/mol. The van der Waals surface area contributed by atoms with Crippen molar-refractivity contribution in [3.05, 3.63) is 69.7 Å². The second-order valence-corrected chi connectivity index (χ2v) is 7.11. The number of ketones is 1. The molecule has 0 aromatic heterocycles. The van der Waals surface area contributed by atoms with Crippen LogP contribution in [0.5, 0.6) is 0 Å². The molecular weight excluding hydrogens is 347 g/mol.